The van der Waals surface area contributed by atoms with Gasteiger partial charge in [-0.15, -0.1) is 0 Å². The van der Waals surface area contributed by atoms with Gasteiger partial charge in [0.05, 0.1) is 24.0 Å². The molecule has 0 aliphatic carbocycles. The van der Waals surface area contributed by atoms with Gasteiger partial charge in [0.25, 0.3) is 5.91 Å². The summed E-state index contributed by atoms with van der Waals surface area (Å²) in [5.41, 5.74) is 2.44. The second kappa shape index (κ2) is 8.36. The number of amides is 1. The minimum absolute atomic E-state index is 0.225. The lowest BCUT2D eigenvalue weighted by atomic mass is 9.86. The van der Waals surface area contributed by atoms with Crippen molar-refractivity contribution in [1.29, 1.82) is 0 Å². The summed E-state index contributed by atoms with van der Waals surface area (Å²) in [6, 6.07) is 21.8. The minimum Gasteiger partial charge on any atom is -0.497 e. The molecule has 0 bridgehead atoms. The van der Waals surface area contributed by atoms with Crippen LogP contribution in [0.4, 0.5) is 5.69 Å². The second-order valence-corrected chi connectivity index (χ2v) is 8.41. The number of carbonyl (C=O) groups is 1. The van der Waals surface area contributed by atoms with Gasteiger partial charge in [-0.1, -0.05) is 30.3 Å². The monoisotopic (exact) mass is 467 g/mol. The number of nitrogens with one attached hydrogen (secondary N) is 1. The predicted octanol–water partition coefficient (Wildman–Crippen LogP) is 4.76. The van der Waals surface area contributed by atoms with Gasteiger partial charge in [-0.05, 0) is 54.1 Å². The van der Waals surface area contributed by atoms with Gasteiger partial charge in [-0.3, -0.25) is 4.79 Å². The van der Waals surface area contributed by atoms with Crippen LogP contribution in [0.1, 0.15) is 17.0 Å². The van der Waals surface area contributed by atoms with Gasteiger partial charge in [-0.2, -0.15) is 0 Å². The van der Waals surface area contributed by atoms with E-state index in [2.05, 4.69) is 5.32 Å². The highest BCUT2D eigenvalue weighted by molar-refractivity contribution is 5.98. The van der Waals surface area contributed by atoms with Crippen LogP contribution in [0.5, 0.6) is 17.2 Å². The number of carbonyl (C=O) groups excluding carboxylic acids is 1. The zero-order chi connectivity index (χ0) is 23.9. The van der Waals surface area contributed by atoms with E-state index in [1.807, 2.05) is 42.5 Å². The Morgan fingerprint density at radius 2 is 1.77 bits per heavy atom. The fraction of sp³-hybridized carbons (Fsp3) is 0.143. The standard InChI is InChI=1S/C28H21NO6/c1-32-19-12-10-18(11-13-19)29-27(30)26-23(17-14-16-6-2-4-8-21(16)33-15-17)24-25(35-26)20-7-3-5-9-22(20)34-28(24)31/h2-14,23,26H,15H2,1H3,(H,29,30)/t23-,26+/m1/s1. The molecule has 0 saturated heterocycles. The normalized spacial score (nSPS) is 18.0. The van der Waals surface area contributed by atoms with E-state index in [0.717, 1.165) is 16.9 Å². The van der Waals surface area contributed by atoms with Crippen molar-refractivity contribution in [3.63, 3.8) is 0 Å². The van der Waals surface area contributed by atoms with Crippen LogP contribution < -0.4 is 25.2 Å². The Morgan fingerprint density at radius 1 is 1.00 bits per heavy atom. The molecule has 0 fully saturated rings. The number of anilines is 1. The highest BCUT2D eigenvalue weighted by atomic mass is 16.5. The van der Waals surface area contributed by atoms with Crippen molar-refractivity contribution in [3.8, 4) is 17.2 Å². The van der Waals surface area contributed by atoms with Crippen LogP contribution in [-0.4, -0.2) is 25.7 Å². The van der Waals surface area contributed by atoms with Crippen molar-refractivity contribution < 1.29 is 23.4 Å². The first-order chi connectivity index (χ1) is 17.1. The first kappa shape index (κ1) is 21.0. The van der Waals surface area contributed by atoms with Gasteiger partial charge >= 0.3 is 5.63 Å². The van der Waals surface area contributed by atoms with E-state index < -0.39 is 17.6 Å². The average molecular weight is 467 g/mol. The third-order valence-corrected chi connectivity index (χ3v) is 6.33. The molecule has 35 heavy (non-hydrogen) atoms. The van der Waals surface area contributed by atoms with E-state index in [-0.39, 0.29) is 12.5 Å². The Balaban J connectivity index is 1.45. The van der Waals surface area contributed by atoms with Crippen LogP contribution in [0.2, 0.25) is 0 Å². The lowest BCUT2D eigenvalue weighted by Crippen LogP contribution is -2.37. The first-order valence-corrected chi connectivity index (χ1v) is 11.2. The topological polar surface area (TPSA) is 87.0 Å². The lowest BCUT2D eigenvalue weighted by Gasteiger charge is -2.25. The van der Waals surface area contributed by atoms with Crippen LogP contribution in [0.25, 0.3) is 17.0 Å². The molecular formula is C28H21NO6. The number of para-hydroxylation sites is 2. The van der Waals surface area contributed by atoms with Gasteiger partial charge in [-0.25, -0.2) is 4.79 Å². The molecule has 4 aromatic rings. The van der Waals surface area contributed by atoms with Gasteiger partial charge in [0.1, 0.15) is 29.4 Å². The Labute approximate surface area is 200 Å². The summed E-state index contributed by atoms with van der Waals surface area (Å²) in [5, 5.41) is 3.55. The largest absolute Gasteiger partial charge is 0.497 e. The van der Waals surface area contributed by atoms with Crippen LogP contribution in [0, 0.1) is 0 Å². The number of hydrogen-bond donors (Lipinski definition) is 1. The van der Waals surface area contributed by atoms with E-state index in [1.165, 1.54) is 0 Å². The first-order valence-electron chi connectivity index (χ1n) is 11.2. The highest BCUT2D eigenvalue weighted by Gasteiger charge is 2.45. The van der Waals surface area contributed by atoms with Gasteiger partial charge in [0.15, 0.2) is 6.10 Å². The van der Waals surface area contributed by atoms with Crippen molar-refractivity contribution in [2.45, 2.75) is 12.0 Å². The van der Waals surface area contributed by atoms with Gasteiger partial charge in [0.2, 0.25) is 0 Å². The predicted molar refractivity (Wildman–Crippen MR) is 131 cm³/mol. The van der Waals surface area contributed by atoms with Gasteiger partial charge < -0.3 is 23.9 Å². The van der Waals surface area contributed by atoms with Crippen molar-refractivity contribution >= 4 is 28.6 Å². The molecule has 6 rings (SSSR count). The molecule has 3 aromatic carbocycles. The summed E-state index contributed by atoms with van der Waals surface area (Å²) >= 11 is 0. The van der Waals surface area contributed by atoms with Crippen LogP contribution >= 0.6 is 0 Å². The van der Waals surface area contributed by atoms with Crippen molar-refractivity contribution in [3.05, 3.63) is 99.9 Å². The summed E-state index contributed by atoms with van der Waals surface area (Å²) in [6.07, 6.45) is 0.977. The van der Waals surface area contributed by atoms with Crippen molar-refractivity contribution in [2.75, 3.05) is 19.0 Å². The molecule has 3 heterocycles. The SMILES string of the molecule is COc1ccc(NC(=O)[C@H]2Oc3c(c(=O)oc4ccccc34)[C@H]2C2=Cc3ccccc3OC2)cc1. The molecule has 1 N–H and O–H groups in total. The van der Waals surface area contributed by atoms with Crippen molar-refractivity contribution in [1.82, 2.24) is 0 Å². The third kappa shape index (κ3) is 3.61. The van der Waals surface area contributed by atoms with E-state index in [1.54, 1.807) is 43.5 Å². The minimum atomic E-state index is -0.985. The van der Waals surface area contributed by atoms with Crippen LogP contribution in [-0.2, 0) is 4.79 Å². The fourth-order valence-corrected chi connectivity index (χ4v) is 4.66. The van der Waals surface area contributed by atoms with E-state index in [9.17, 15) is 9.59 Å². The number of benzene rings is 3. The summed E-state index contributed by atoms with van der Waals surface area (Å²) in [6.45, 7) is 0.225. The lowest BCUT2D eigenvalue weighted by molar-refractivity contribution is -0.122. The Bertz CT molecular complexity index is 1540. The highest BCUT2D eigenvalue weighted by Crippen LogP contribution is 2.46. The molecule has 174 valence electrons. The molecule has 0 unspecified atom stereocenters. The molecule has 2 atom stereocenters. The number of fused-ring (bicyclic) bond motifs is 4. The molecule has 1 aromatic heterocycles. The number of rotatable bonds is 4. The number of ether oxygens (including phenoxy) is 3. The number of methoxy groups -OCH3 is 1. The zero-order valence-corrected chi connectivity index (χ0v) is 18.8. The maximum Gasteiger partial charge on any atom is 0.344 e. The molecule has 7 nitrogen and oxygen atoms in total. The molecule has 0 saturated carbocycles. The third-order valence-electron chi connectivity index (χ3n) is 6.33. The molecule has 2 aliphatic heterocycles. The Hall–Kier alpha value is -4.52. The second-order valence-electron chi connectivity index (χ2n) is 8.41. The summed E-state index contributed by atoms with van der Waals surface area (Å²) < 4.78 is 23.0. The number of hydrogen-bond acceptors (Lipinski definition) is 6. The summed E-state index contributed by atoms with van der Waals surface area (Å²) in [7, 11) is 1.58. The van der Waals surface area contributed by atoms with E-state index in [4.69, 9.17) is 18.6 Å². The van der Waals surface area contributed by atoms with E-state index in [0.29, 0.717) is 33.7 Å². The van der Waals surface area contributed by atoms with E-state index >= 15 is 0 Å². The zero-order valence-electron chi connectivity index (χ0n) is 18.8. The van der Waals surface area contributed by atoms with Crippen molar-refractivity contribution in [2.24, 2.45) is 0 Å². The van der Waals surface area contributed by atoms with Gasteiger partial charge in [0, 0.05) is 11.3 Å². The van der Waals surface area contributed by atoms with Crippen LogP contribution in [0.3, 0.4) is 0 Å². The quantitative estimate of drug-likeness (QED) is 0.436. The van der Waals surface area contributed by atoms with Crippen LogP contribution in [0.15, 0.2) is 87.6 Å². The Kier molecular flexibility index (Phi) is 5.03. The maximum absolute atomic E-state index is 13.5. The molecule has 7 heteroatoms. The molecule has 0 radical (unpaired) electrons. The summed E-state index contributed by atoms with van der Waals surface area (Å²) in [4.78, 5) is 26.7. The fourth-order valence-electron chi connectivity index (χ4n) is 4.66. The molecule has 1 amide bonds. The molecular weight excluding hydrogens is 446 g/mol. The molecule has 2 aliphatic rings. The smallest absolute Gasteiger partial charge is 0.344 e. The molecule has 0 spiro atoms. The summed E-state index contributed by atoms with van der Waals surface area (Å²) in [5.74, 6) is 0.756. The average Bonchev–Trinajstić information content (AvgIpc) is 3.31. The maximum atomic E-state index is 13.5. The Morgan fingerprint density at radius 3 is 2.60 bits per heavy atom.